The zero-order chi connectivity index (χ0) is 17.6. The molecule has 4 rings (SSSR count). The minimum absolute atomic E-state index is 0.0129. The zero-order valence-corrected chi connectivity index (χ0v) is 15.5. The van der Waals surface area contributed by atoms with E-state index in [0.29, 0.717) is 24.4 Å². The average Bonchev–Trinajstić information content (AvgIpc) is 2.91. The minimum atomic E-state index is -0.496. The first-order valence-electron chi connectivity index (χ1n) is 10.2. The molecule has 3 saturated carbocycles. The molecule has 0 saturated heterocycles. The third-order valence-electron chi connectivity index (χ3n) is 7.92. The molecule has 8 atom stereocenters. The number of ether oxygens (including phenoxy) is 2. The highest BCUT2D eigenvalue weighted by Gasteiger charge is 2.57. The Morgan fingerprint density at radius 1 is 1.16 bits per heavy atom. The summed E-state index contributed by atoms with van der Waals surface area (Å²) in [4.78, 5) is 11.8. The Kier molecular flexibility index (Phi) is 4.59. The summed E-state index contributed by atoms with van der Waals surface area (Å²) in [5.41, 5.74) is 0.110. The van der Waals surface area contributed by atoms with Crippen LogP contribution in [0.5, 0.6) is 0 Å². The molecule has 4 nitrogen and oxygen atoms in total. The Morgan fingerprint density at radius 2 is 2.00 bits per heavy atom. The largest absolute Gasteiger partial charge is 0.508 e. The first-order valence-corrected chi connectivity index (χ1v) is 10.2. The quantitative estimate of drug-likeness (QED) is 0.596. The molecule has 0 spiro atoms. The average molecular weight is 348 g/mol. The van der Waals surface area contributed by atoms with Crippen molar-refractivity contribution in [3.8, 4) is 0 Å². The van der Waals surface area contributed by atoms with Crippen LogP contribution >= 0.6 is 0 Å². The van der Waals surface area contributed by atoms with Crippen molar-refractivity contribution in [2.45, 2.75) is 71.0 Å². The number of aliphatic hydroxyl groups excluding tert-OH is 1. The molecule has 0 aromatic carbocycles. The van der Waals surface area contributed by atoms with Crippen LogP contribution in [0.2, 0.25) is 0 Å². The molecule has 25 heavy (non-hydrogen) atoms. The van der Waals surface area contributed by atoms with Gasteiger partial charge in [0.15, 0.2) is 0 Å². The highest BCUT2D eigenvalue weighted by atomic mass is 16.7. The van der Waals surface area contributed by atoms with Crippen molar-refractivity contribution in [2.24, 2.45) is 35.0 Å². The summed E-state index contributed by atoms with van der Waals surface area (Å²) in [6, 6.07) is 0. The fourth-order valence-electron chi connectivity index (χ4n) is 6.79. The molecule has 0 aromatic heterocycles. The van der Waals surface area contributed by atoms with E-state index >= 15 is 0 Å². The summed E-state index contributed by atoms with van der Waals surface area (Å²) >= 11 is 0. The summed E-state index contributed by atoms with van der Waals surface area (Å²) in [6.45, 7) is 4.54. The predicted octanol–water partition coefficient (Wildman–Crippen LogP) is 4.32. The van der Waals surface area contributed by atoms with Crippen LogP contribution in [-0.4, -0.2) is 30.1 Å². The van der Waals surface area contributed by atoms with Crippen LogP contribution in [-0.2, 0) is 9.47 Å². The van der Waals surface area contributed by atoms with Crippen LogP contribution in [0, 0.1) is 35.0 Å². The Balaban J connectivity index is 1.50. The first-order chi connectivity index (χ1) is 12.0. The van der Waals surface area contributed by atoms with Gasteiger partial charge < -0.3 is 14.6 Å². The predicted molar refractivity (Wildman–Crippen MR) is 94.9 cm³/mol. The van der Waals surface area contributed by atoms with Gasteiger partial charge in [0, 0.05) is 5.41 Å². The van der Waals surface area contributed by atoms with E-state index in [-0.39, 0.29) is 17.6 Å². The van der Waals surface area contributed by atoms with Crippen LogP contribution in [0.1, 0.15) is 58.8 Å². The van der Waals surface area contributed by atoms with Crippen LogP contribution < -0.4 is 0 Å². The van der Waals surface area contributed by atoms with E-state index in [1.165, 1.54) is 25.7 Å². The maximum absolute atomic E-state index is 11.8. The smallest absolute Gasteiger partial charge is 0.435 e. The van der Waals surface area contributed by atoms with Gasteiger partial charge in [0.2, 0.25) is 0 Å². The fraction of sp³-hybridized carbons (Fsp3) is 0.857. The van der Waals surface area contributed by atoms with E-state index in [0.717, 1.165) is 31.1 Å². The standard InChI is InChI=1S/C21H32O4/c1-3-24-20(23)25-19-9-8-18-17-6-4-13-12-14(22)5-7-15(13)16(17)10-11-21(18,19)2/h5,7,13-19,22H,3-4,6,8-12H2,1-2H3/t13-,14+,15-,16+,17+,18-,19-,21-/m0/s1. The van der Waals surface area contributed by atoms with Crippen molar-refractivity contribution in [2.75, 3.05) is 6.61 Å². The van der Waals surface area contributed by atoms with Crippen LogP contribution in [0.25, 0.3) is 0 Å². The molecular weight excluding hydrogens is 316 g/mol. The number of rotatable bonds is 2. The summed E-state index contributed by atoms with van der Waals surface area (Å²) < 4.78 is 10.7. The molecule has 3 fully saturated rings. The van der Waals surface area contributed by atoms with Crippen LogP contribution in [0.4, 0.5) is 4.79 Å². The zero-order valence-electron chi connectivity index (χ0n) is 15.5. The normalized spacial score (nSPS) is 48.2. The van der Waals surface area contributed by atoms with Gasteiger partial charge in [0.1, 0.15) is 6.10 Å². The van der Waals surface area contributed by atoms with Gasteiger partial charge in [0.05, 0.1) is 12.7 Å². The van der Waals surface area contributed by atoms with Gasteiger partial charge in [-0.25, -0.2) is 4.79 Å². The second-order valence-electron chi connectivity index (χ2n) is 8.95. The van der Waals surface area contributed by atoms with Crippen molar-refractivity contribution in [1.29, 1.82) is 0 Å². The van der Waals surface area contributed by atoms with E-state index in [1.807, 2.05) is 13.0 Å². The summed E-state index contributed by atoms with van der Waals surface area (Å²) in [6.07, 6.45) is 11.6. The second kappa shape index (κ2) is 6.61. The first kappa shape index (κ1) is 17.4. The van der Waals surface area contributed by atoms with Gasteiger partial charge in [-0.15, -0.1) is 0 Å². The minimum Gasteiger partial charge on any atom is -0.435 e. The van der Waals surface area contributed by atoms with E-state index < -0.39 is 6.16 Å². The Labute approximate surface area is 151 Å². The molecule has 4 aliphatic rings. The number of carbonyl (C=O) groups is 1. The molecule has 0 aromatic rings. The van der Waals surface area contributed by atoms with Gasteiger partial charge in [-0.2, -0.15) is 0 Å². The number of carbonyl (C=O) groups excluding carboxylic acids is 1. The van der Waals surface area contributed by atoms with Crippen molar-refractivity contribution in [3.63, 3.8) is 0 Å². The Hall–Kier alpha value is -1.03. The van der Waals surface area contributed by atoms with Crippen molar-refractivity contribution in [1.82, 2.24) is 0 Å². The van der Waals surface area contributed by atoms with Crippen LogP contribution in [0.15, 0.2) is 12.2 Å². The van der Waals surface area contributed by atoms with Gasteiger partial charge in [-0.05, 0) is 81.5 Å². The van der Waals surface area contributed by atoms with E-state index in [4.69, 9.17) is 9.47 Å². The molecule has 0 unspecified atom stereocenters. The lowest BCUT2D eigenvalue weighted by Crippen LogP contribution is -2.49. The van der Waals surface area contributed by atoms with Gasteiger partial charge in [-0.3, -0.25) is 0 Å². The second-order valence-corrected chi connectivity index (χ2v) is 8.95. The third-order valence-corrected chi connectivity index (χ3v) is 7.92. The van der Waals surface area contributed by atoms with Gasteiger partial charge in [-0.1, -0.05) is 19.1 Å². The van der Waals surface area contributed by atoms with Gasteiger partial charge in [0.25, 0.3) is 0 Å². The van der Waals surface area contributed by atoms with Crippen molar-refractivity contribution >= 4 is 6.16 Å². The lowest BCUT2D eigenvalue weighted by atomic mass is 9.51. The molecular formula is C21H32O4. The molecule has 0 amide bonds. The number of hydrogen-bond acceptors (Lipinski definition) is 4. The van der Waals surface area contributed by atoms with E-state index in [1.54, 1.807) is 0 Å². The fourth-order valence-corrected chi connectivity index (χ4v) is 6.79. The van der Waals surface area contributed by atoms with Crippen molar-refractivity contribution < 1.29 is 19.4 Å². The third kappa shape index (κ3) is 2.90. The molecule has 0 bridgehead atoms. The highest BCUT2D eigenvalue weighted by molar-refractivity contribution is 5.60. The number of fused-ring (bicyclic) bond motifs is 5. The molecule has 140 valence electrons. The molecule has 0 radical (unpaired) electrons. The SMILES string of the molecule is CCOC(=O)O[C@H]1CC[C@H]2[C@@H]3CC[C@H]4C[C@H](O)C=C[C@@H]4[C@H]3CC[C@]12C. The molecule has 0 heterocycles. The monoisotopic (exact) mass is 348 g/mol. The lowest BCUT2D eigenvalue weighted by Gasteiger charge is -2.54. The summed E-state index contributed by atoms with van der Waals surface area (Å²) in [7, 11) is 0. The highest BCUT2D eigenvalue weighted by Crippen LogP contribution is 2.62. The molecule has 0 aliphatic heterocycles. The number of hydrogen-bond donors (Lipinski definition) is 1. The number of allylic oxidation sites excluding steroid dienone is 1. The summed E-state index contributed by atoms with van der Waals surface area (Å²) in [5, 5.41) is 9.95. The molecule has 4 heteroatoms. The maximum Gasteiger partial charge on any atom is 0.508 e. The van der Waals surface area contributed by atoms with Crippen molar-refractivity contribution in [3.05, 3.63) is 12.2 Å². The number of aliphatic hydroxyl groups is 1. The lowest BCUT2D eigenvalue weighted by molar-refractivity contribution is -0.0836. The van der Waals surface area contributed by atoms with Crippen LogP contribution in [0.3, 0.4) is 0 Å². The molecule has 1 N–H and O–H groups in total. The van der Waals surface area contributed by atoms with E-state index in [9.17, 15) is 9.90 Å². The van der Waals surface area contributed by atoms with Gasteiger partial charge >= 0.3 is 6.16 Å². The Bertz CT molecular complexity index is 544. The van der Waals surface area contributed by atoms with E-state index in [2.05, 4.69) is 13.0 Å². The topological polar surface area (TPSA) is 55.8 Å². The molecule has 4 aliphatic carbocycles. The summed E-state index contributed by atoms with van der Waals surface area (Å²) in [5.74, 6) is 3.47. The Morgan fingerprint density at radius 3 is 2.80 bits per heavy atom. The maximum atomic E-state index is 11.8.